The number of carbonyl (C=O) groups excluding carboxylic acids is 1. The Morgan fingerprint density at radius 1 is 1.25 bits per heavy atom. The highest BCUT2D eigenvalue weighted by Crippen LogP contribution is 2.38. The van der Waals surface area contributed by atoms with E-state index >= 15 is 0 Å². The third-order valence-electron chi connectivity index (χ3n) is 5.41. The minimum Gasteiger partial charge on any atom is -0.497 e. The second kappa shape index (κ2) is 9.30. The molecule has 1 saturated heterocycles. The molecule has 1 aliphatic rings. The van der Waals surface area contributed by atoms with Gasteiger partial charge in [0.25, 0.3) is 5.91 Å². The SMILES string of the molecule is COc1ccc(OC)c([C@@H]2CCCN2C(=O)C[NH2+][C@@H](C)c2ccccc2Cl)c1. The second-order valence-corrected chi connectivity index (χ2v) is 7.51. The minimum absolute atomic E-state index is 0.0153. The Labute approximate surface area is 171 Å². The van der Waals surface area contributed by atoms with Crippen molar-refractivity contribution in [3.8, 4) is 11.5 Å². The van der Waals surface area contributed by atoms with Gasteiger partial charge in [-0.1, -0.05) is 29.8 Å². The molecule has 2 aromatic rings. The van der Waals surface area contributed by atoms with E-state index in [1.165, 1.54) is 0 Å². The molecular weight excluding hydrogens is 376 g/mol. The standard InChI is InChI=1S/C22H27ClN2O3/c1-15(17-7-4-5-8-19(17)23)24-14-22(26)25-12-6-9-20(25)18-13-16(27-2)10-11-21(18)28-3/h4-5,7-8,10-11,13,15,20,24H,6,9,12,14H2,1-3H3/p+1/t15-,20-/m0/s1. The zero-order valence-electron chi connectivity index (χ0n) is 16.7. The third kappa shape index (κ3) is 4.42. The lowest BCUT2D eigenvalue weighted by Gasteiger charge is -2.26. The molecule has 150 valence electrons. The molecule has 1 fully saturated rings. The normalized spacial score (nSPS) is 17.4. The number of methoxy groups -OCH3 is 2. The van der Waals surface area contributed by atoms with Crippen LogP contribution in [0.3, 0.4) is 0 Å². The first-order valence-electron chi connectivity index (χ1n) is 9.64. The first kappa shape index (κ1) is 20.5. The van der Waals surface area contributed by atoms with Crippen LogP contribution in [0, 0.1) is 0 Å². The van der Waals surface area contributed by atoms with E-state index in [0.29, 0.717) is 6.54 Å². The van der Waals surface area contributed by atoms with E-state index < -0.39 is 0 Å². The molecule has 2 N–H and O–H groups in total. The molecule has 2 atom stereocenters. The van der Waals surface area contributed by atoms with Crippen LogP contribution in [0.1, 0.15) is 43.0 Å². The lowest BCUT2D eigenvalue weighted by atomic mass is 10.0. The van der Waals surface area contributed by atoms with Crippen molar-refractivity contribution in [1.29, 1.82) is 0 Å². The Balaban J connectivity index is 1.71. The van der Waals surface area contributed by atoms with E-state index in [0.717, 1.165) is 47.0 Å². The van der Waals surface area contributed by atoms with Crippen LogP contribution in [0.15, 0.2) is 42.5 Å². The molecule has 0 bridgehead atoms. The van der Waals surface area contributed by atoms with Gasteiger partial charge in [-0.3, -0.25) is 4.79 Å². The van der Waals surface area contributed by atoms with Gasteiger partial charge in [0.2, 0.25) is 0 Å². The van der Waals surface area contributed by atoms with Gasteiger partial charge in [-0.25, -0.2) is 0 Å². The molecule has 0 aliphatic carbocycles. The van der Waals surface area contributed by atoms with Crippen LogP contribution in [0.5, 0.6) is 11.5 Å². The minimum atomic E-state index is 0.0153. The van der Waals surface area contributed by atoms with Crippen LogP contribution < -0.4 is 14.8 Å². The summed E-state index contributed by atoms with van der Waals surface area (Å²) in [6.07, 6.45) is 1.91. The van der Waals surface area contributed by atoms with Gasteiger partial charge in [0, 0.05) is 22.7 Å². The fourth-order valence-corrected chi connectivity index (χ4v) is 4.16. The maximum absolute atomic E-state index is 13.0. The van der Waals surface area contributed by atoms with Crippen molar-refractivity contribution in [2.45, 2.75) is 31.8 Å². The summed E-state index contributed by atoms with van der Waals surface area (Å²) in [5.41, 5.74) is 2.05. The van der Waals surface area contributed by atoms with Crippen LogP contribution in [0.25, 0.3) is 0 Å². The fourth-order valence-electron chi connectivity index (χ4n) is 3.85. The lowest BCUT2D eigenvalue weighted by Crippen LogP contribution is -2.87. The first-order valence-corrected chi connectivity index (χ1v) is 10.0. The van der Waals surface area contributed by atoms with Gasteiger partial charge >= 0.3 is 0 Å². The molecule has 1 amide bonds. The van der Waals surface area contributed by atoms with Gasteiger partial charge in [0.15, 0.2) is 6.54 Å². The third-order valence-corrected chi connectivity index (χ3v) is 5.76. The highest BCUT2D eigenvalue weighted by molar-refractivity contribution is 6.31. The van der Waals surface area contributed by atoms with Crippen LogP contribution in [-0.4, -0.2) is 38.1 Å². The summed E-state index contributed by atoms with van der Waals surface area (Å²) in [6.45, 7) is 3.22. The number of hydrogen-bond donors (Lipinski definition) is 1. The Hall–Kier alpha value is -2.24. The van der Waals surface area contributed by atoms with Gasteiger partial charge in [-0.05, 0) is 44.0 Å². The molecule has 3 rings (SSSR count). The highest BCUT2D eigenvalue weighted by atomic mass is 35.5. The van der Waals surface area contributed by atoms with Crippen molar-refractivity contribution >= 4 is 17.5 Å². The summed E-state index contributed by atoms with van der Waals surface area (Å²) in [5.74, 6) is 1.69. The second-order valence-electron chi connectivity index (χ2n) is 7.10. The van der Waals surface area contributed by atoms with Gasteiger partial charge in [-0.2, -0.15) is 0 Å². The highest BCUT2D eigenvalue weighted by Gasteiger charge is 2.33. The quantitative estimate of drug-likeness (QED) is 0.771. The number of quaternary nitrogens is 1. The monoisotopic (exact) mass is 403 g/mol. The predicted molar refractivity (Wildman–Crippen MR) is 110 cm³/mol. The van der Waals surface area contributed by atoms with E-state index in [-0.39, 0.29) is 18.0 Å². The van der Waals surface area contributed by atoms with Gasteiger partial charge in [0.05, 0.1) is 20.3 Å². The molecule has 28 heavy (non-hydrogen) atoms. The molecule has 0 radical (unpaired) electrons. The average molecular weight is 404 g/mol. The molecule has 2 aromatic carbocycles. The van der Waals surface area contributed by atoms with Crippen molar-refractivity contribution < 1.29 is 19.6 Å². The number of likely N-dealkylation sites (tertiary alicyclic amines) is 1. The molecular formula is C22H28ClN2O3+. The maximum Gasteiger partial charge on any atom is 0.278 e. The maximum atomic E-state index is 13.0. The number of rotatable bonds is 7. The smallest absolute Gasteiger partial charge is 0.278 e. The van der Waals surface area contributed by atoms with Crippen LogP contribution in [0.4, 0.5) is 0 Å². The van der Waals surface area contributed by atoms with Crippen molar-refractivity contribution in [1.82, 2.24) is 4.90 Å². The molecule has 1 aliphatic heterocycles. The summed E-state index contributed by atoms with van der Waals surface area (Å²) in [4.78, 5) is 15.0. The molecule has 0 aromatic heterocycles. The van der Waals surface area contributed by atoms with Gasteiger partial charge < -0.3 is 19.7 Å². The zero-order chi connectivity index (χ0) is 20.1. The summed E-state index contributed by atoms with van der Waals surface area (Å²) in [6, 6.07) is 13.7. The van der Waals surface area contributed by atoms with Crippen LogP contribution in [-0.2, 0) is 4.79 Å². The molecule has 1 heterocycles. The number of amides is 1. The number of ether oxygens (including phenoxy) is 2. The fraction of sp³-hybridized carbons (Fsp3) is 0.409. The molecule has 0 spiro atoms. The van der Waals surface area contributed by atoms with Crippen molar-refractivity contribution in [2.24, 2.45) is 0 Å². The summed E-state index contributed by atoms with van der Waals surface area (Å²) in [5, 5.41) is 2.78. The number of carbonyl (C=O) groups is 1. The molecule has 6 heteroatoms. The number of nitrogens with zero attached hydrogens (tertiary/aromatic N) is 1. The van der Waals surface area contributed by atoms with E-state index in [2.05, 4.69) is 6.92 Å². The van der Waals surface area contributed by atoms with E-state index in [1.807, 2.05) is 52.7 Å². The molecule has 0 unspecified atom stereocenters. The zero-order valence-corrected chi connectivity index (χ0v) is 17.4. The number of nitrogens with two attached hydrogens (primary N) is 1. The van der Waals surface area contributed by atoms with Gasteiger partial charge in [0.1, 0.15) is 17.5 Å². The Kier molecular flexibility index (Phi) is 6.81. The van der Waals surface area contributed by atoms with Crippen molar-refractivity contribution in [3.63, 3.8) is 0 Å². The van der Waals surface area contributed by atoms with Crippen molar-refractivity contribution in [3.05, 3.63) is 58.6 Å². The average Bonchev–Trinajstić information content (AvgIpc) is 3.21. The molecule has 5 nitrogen and oxygen atoms in total. The summed E-state index contributed by atoms with van der Waals surface area (Å²) in [7, 11) is 3.31. The molecule has 0 saturated carbocycles. The van der Waals surface area contributed by atoms with Crippen LogP contribution in [0.2, 0.25) is 5.02 Å². The number of halogens is 1. The topological polar surface area (TPSA) is 55.4 Å². The first-order chi connectivity index (χ1) is 13.5. The van der Waals surface area contributed by atoms with Crippen molar-refractivity contribution in [2.75, 3.05) is 27.3 Å². The largest absolute Gasteiger partial charge is 0.497 e. The summed E-state index contributed by atoms with van der Waals surface area (Å²) < 4.78 is 10.9. The Morgan fingerprint density at radius 2 is 2.04 bits per heavy atom. The van der Waals surface area contributed by atoms with E-state index in [9.17, 15) is 4.79 Å². The van der Waals surface area contributed by atoms with Gasteiger partial charge in [-0.15, -0.1) is 0 Å². The van der Waals surface area contributed by atoms with E-state index in [1.54, 1.807) is 14.2 Å². The Bertz CT molecular complexity index is 827. The predicted octanol–water partition coefficient (Wildman–Crippen LogP) is 3.35. The summed E-state index contributed by atoms with van der Waals surface area (Å²) >= 11 is 6.29. The number of hydrogen-bond acceptors (Lipinski definition) is 3. The van der Waals surface area contributed by atoms with E-state index in [4.69, 9.17) is 21.1 Å². The Morgan fingerprint density at radius 3 is 2.75 bits per heavy atom. The number of benzene rings is 2. The lowest BCUT2D eigenvalue weighted by molar-refractivity contribution is -0.683. The van der Waals surface area contributed by atoms with Crippen LogP contribution >= 0.6 is 11.6 Å².